The molecule has 1 aromatic carbocycles. The second-order valence-electron chi connectivity index (χ2n) is 5.82. The van der Waals surface area contributed by atoms with Crippen LogP contribution in [-0.2, 0) is 10.8 Å². The predicted molar refractivity (Wildman–Crippen MR) is 75.7 cm³/mol. The number of fused-ring (bicyclic) bond motifs is 1. The van der Waals surface area contributed by atoms with Crippen molar-refractivity contribution < 1.29 is 0 Å². The van der Waals surface area contributed by atoms with Crippen LogP contribution in [0.3, 0.4) is 0 Å². The molecule has 94 valence electrons. The van der Waals surface area contributed by atoms with Crippen molar-refractivity contribution in [1.82, 2.24) is 0 Å². The molecular formula is C17H26. The highest BCUT2D eigenvalue weighted by atomic mass is 14.5. The monoisotopic (exact) mass is 230 g/mol. The predicted octanol–water partition coefficient (Wildman–Crippen LogP) is 5.18. The van der Waals surface area contributed by atoms with Gasteiger partial charge in [0.25, 0.3) is 0 Å². The van der Waals surface area contributed by atoms with E-state index in [1.165, 1.54) is 25.7 Å². The first kappa shape index (κ1) is 12.7. The molecule has 0 heteroatoms. The minimum Gasteiger partial charge on any atom is -0.0645 e. The molecule has 0 spiro atoms. The molecule has 0 aromatic heterocycles. The number of hydrogen-bond donors (Lipinski definition) is 0. The molecule has 0 bridgehead atoms. The lowest BCUT2D eigenvalue weighted by Gasteiger charge is -2.27. The van der Waals surface area contributed by atoms with Gasteiger partial charge in [-0.25, -0.2) is 0 Å². The molecule has 0 saturated heterocycles. The normalized spacial score (nSPS) is 16.8. The van der Waals surface area contributed by atoms with Crippen LogP contribution >= 0.6 is 0 Å². The van der Waals surface area contributed by atoms with Gasteiger partial charge in [-0.2, -0.15) is 0 Å². The fourth-order valence-corrected chi connectivity index (χ4v) is 3.29. The molecule has 2 rings (SSSR count). The first-order valence-electron chi connectivity index (χ1n) is 7.23. The van der Waals surface area contributed by atoms with Gasteiger partial charge in [0.2, 0.25) is 0 Å². The van der Waals surface area contributed by atoms with E-state index in [4.69, 9.17) is 0 Å². The van der Waals surface area contributed by atoms with Gasteiger partial charge in [-0.3, -0.25) is 0 Å². The van der Waals surface area contributed by atoms with Gasteiger partial charge in [-0.1, -0.05) is 52.8 Å². The smallest absolute Gasteiger partial charge is 0.0203 e. The van der Waals surface area contributed by atoms with Gasteiger partial charge in [0.15, 0.2) is 0 Å². The van der Waals surface area contributed by atoms with Gasteiger partial charge in [-0.05, 0) is 47.8 Å². The number of hydrogen-bond acceptors (Lipinski definition) is 0. The highest BCUT2D eigenvalue weighted by molar-refractivity contribution is 5.61. The summed E-state index contributed by atoms with van der Waals surface area (Å²) in [5, 5.41) is 0. The molecule has 0 atom stereocenters. The van der Waals surface area contributed by atoms with E-state index in [-0.39, 0.29) is 0 Å². The zero-order valence-corrected chi connectivity index (χ0v) is 12.1. The fourth-order valence-electron chi connectivity index (χ4n) is 3.29. The third-order valence-electron chi connectivity index (χ3n) is 5.45. The molecule has 0 radical (unpaired) electrons. The lowest BCUT2D eigenvalue weighted by atomic mass is 9.78. The maximum absolute atomic E-state index is 2.50. The lowest BCUT2D eigenvalue weighted by molar-refractivity contribution is 0.439. The van der Waals surface area contributed by atoms with Crippen LogP contribution in [-0.4, -0.2) is 0 Å². The lowest BCUT2D eigenvalue weighted by Crippen LogP contribution is -2.19. The third kappa shape index (κ3) is 1.64. The van der Waals surface area contributed by atoms with E-state index in [0.717, 1.165) is 0 Å². The summed E-state index contributed by atoms with van der Waals surface area (Å²) in [4.78, 5) is 0. The summed E-state index contributed by atoms with van der Waals surface area (Å²) >= 11 is 0. The molecule has 0 unspecified atom stereocenters. The van der Waals surface area contributed by atoms with E-state index in [9.17, 15) is 0 Å². The van der Waals surface area contributed by atoms with E-state index < -0.39 is 0 Å². The van der Waals surface area contributed by atoms with Gasteiger partial charge in [-0.15, -0.1) is 0 Å². The Morgan fingerprint density at radius 1 is 0.941 bits per heavy atom. The van der Waals surface area contributed by atoms with Gasteiger partial charge in [0, 0.05) is 5.41 Å². The first-order chi connectivity index (χ1) is 8.07. The summed E-state index contributed by atoms with van der Waals surface area (Å²) in [6.45, 7) is 11.7. The number of rotatable bonds is 5. The minimum atomic E-state index is 0.366. The van der Waals surface area contributed by atoms with Gasteiger partial charge < -0.3 is 0 Å². The molecule has 0 fully saturated rings. The van der Waals surface area contributed by atoms with Crippen LogP contribution in [0.25, 0.3) is 0 Å². The average molecular weight is 230 g/mol. The van der Waals surface area contributed by atoms with Crippen LogP contribution < -0.4 is 0 Å². The number of benzene rings is 1. The van der Waals surface area contributed by atoms with Crippen LogP contribution in [0.1, 0.15) is 77.0 Å². The quantitative estimate of drug-likeness (QED) is 0.653. The Hall–Kier alpha value is -0.780. The summed E-state index contributed by atoms with van der Waals surface area (Å²) in [5.41, 5.74) is 5.60. The van der Waals surface area contributed by atoms with Gasteiger partial charge >= 0.3 is 0 Å². The van der Waals surface area contributed by atoms with Gasteiger partial charge in [0.1, 0.15) is 0 Å². The molecule has 17 heavy (non-hydrogen) atoms. The van der Waals surface area contributed by atoms with Crippen molar-refractivity contribution in [2.45, 2.75) is 71.1 Å². The summed E-state index contributed by atoms with van der Waals surface area (Å²) in [6.07, 6.45) is 4.98. The summed E-state index contributed by atoms with van der Waals surface area (Å²) < 4.78 is 0. The summed E-state index contributed by atoms with van der Waals surface area (Å²) in [7, 11) is 0. The van der Waals surface area contributed by atoms with E-state index in [2.05, 4.69) is 52.8 Å². The molecule has 1 aromatic rings. The summed E-state index contributed by atoms with van der Waals surface area (Å²) in [6, 6.07) is 7.26. The third-order valence-corrected chi connectivity index (χ3v) is 5.45. The van der Waals surface area contributed by atoms with Crippen LogP contribution in [0.4, 0.5) is 0 Å². The van der Waals surface area contributed by atoms with E-state index >= 15 is 0 Å². The van der Waals surface area contributed by atoms with Gasteiger partial charge in [0.05, 0.1) is 0 Å². The largest absolute Gasteiger partial charge is 0.0645 e. The van der Waals surface area contributed by atoms with E-state index in [1.807, 2.05) is 0 Å². The molecule has 0 amide bonds. The van der Waals surface area contributed by atoms with Crippen LogP contribution in [0.2, 0.25) is 0 Å². The van der Waals surface area contributed by atoms with Crippen molar-refractivity contribution >= 4 is 0 Å². The molecule has 1 aliphatic carbocycles. The van der Waals surface area contributed by atoms with E-state index in [1.54, 1.807) is 16.7 Å². The zero-order chi connectivity index (χ0) is 12.7. The topological polar surface area (TPSA) is 0 Å². The molecule has 0 heterocycles. The van der Waals surface area contributed by atoms with Crippen LogP contribution in [0.15, 0.2) is 18.2 Å². The Morgan fingerprint density at radius 2 is 1.53 bits per heavy atom. The Kier molecular flexibility index (Phi) is 3.10. The Labute approximate surface area is 106 Å². The molecule has 1 aliphatic rings. The van der Waals surface area contributed by atoms with Crippen molar-refractivity contribution in [2.75, 3.05) is 0 Å². The molecule has 0 nitrogen and oxygen atoms in total. The molecule has 0 aliphatic heterocycles. The highest BCUT2D eigenvalue weighted by Gasteiger charge is 2.47. The van der Waals surface area contributed by atoms with Crippen molar-refractivity contribution in [2.24, 2.45) is 0 Å². The second-order valence-corrected chi connectivity index (χ2v) is 5.82. The Bertz CT molecular complexity index is 406. The Balaban J connectivity index is 2.36. The molecule has 0 saturated carbocycles. The maximum Gasteiger partial charge on any atom is 0.0203 e. The van der Waals surface area contributed by atoms with Crippen LogP contribution in [0.5, 0.6) is 0 Å². The zero-order valence-electron chi connectivity index (χ0n) is 12.1. The molecular weight excluding hydrogens is 204 g/mol. The highest BCUT2D eigenvalue weighted by Crippen LogP contribution is 2.55. The minimum absolute atomic E-state index is 0.366. The first-order valence-corrected chi connectivity index (χ1v) is 7.23. The molecule has 0 N–H and O–H groups in total. The second kappa shape index (κ2) is 4.15. The standard InChI is InChI=1S/C17H26/c1-6-16(5,7-2)13-10-11-14-15(12-13)17(14,8-3)9-4/h10-12H,6-9H2,1-5H3. The van der Waals surface area contributed by atoms with Crippen molar-refractivity contribution in [1.29, 1.82) is 0 Å². The fraction of sp³-hybridized carbons (Fsp3) is 0.647. The Morgan fingerprint density at radius 3 is 2.00 bits per heavy atom. The maximum atomic E-state index is 2.50. The van der Waals surface area contributed by atoms with Crippen molar-refractivity contribution in [3.8, 4) is 0 Å². The van der Waals surface area contributed by atoms with Crippen molar-refractivity contribution in [3.05, 3.63) is 34.9 Å². The average Bonchev–Trinajstić information content (AvgIpc) is 3.05. The van der Waals surface area contributed by atoms with Crippen molar-refractivity contribution in [3.63, 3.8) is 0 Å². The van der Waals surface area contributed by atoms with E-state index in [0.29, 0.717) is 10.8 Å². The van der Waals surface area contributed by atoms with Crippen LogP contribution in [0, 0.1) is 0 Å². The summed E-state index contributed by atoms with van der Waals surface area (Å²) in [5.74, 6) is 0. The SMILES string of the molecule is CCC(C)(CC)c1ccc2c(c1)C2(CC)CC.